The first-order valence-electron chi connectivity index (χ1n) is 6.05. The van der Waals surface area contributed by atoms with E-state index in [9.17, 15) is 0 Å². The molecule has 0 amide bonds. The lowest BCUT2D eigenvalue weighted by molar-refractivity contribution is 0.320. The third-order valence-corrected chi connectivity index (χ3v) is 2.58. The van der Waals surface area contributed by atoms with Crippen molar-refractivity contribution in [1.29, 1.82) is 0 Å². The van der Waals surface area contributed by atoms with Crippen molar-refractivity contribution in [2.75, 3.05) is 12.3 Å². The molecule has 0 aliphatic rings. The SMILES string of the molecule is CC(C)c1n[nH]c(CCOc2ccccc2N)n1. The highest BCUT2D eigenvalue weighted by Crippen LogP contribution is 2.19. The Bertz CT molecular complexity index is 507. The molecule has 5 nitrogen and oxygen atoms in total. The van der Waals surface area contributed by atoms with Crippen LogP contribution in [-0.2, 0) is 6.42 Å². The first-order valence-corrected chi connectivity index (χ1v) is 6.05. The van der Waals surface area contributed by atoms with Crippen LogP contribution in [0.15, 0.2) is 24.3 Å². The van der Waals surface area contributed by atoms with E-state index in [1.165, 1.54) is 0 Å². The summed E-state index contributed by atoms with van der Waals surface area (Å²) >= 11 is 0. The van der Waals surface area contributed by atoms with E-state index in [0.29, 0.717) is 30.4 Å². The standard InChI is InChI=1S/C13H18N4O/c1-9(2)13-15-12(16-17-13)7-8-18-11-6-4-3-5-10(11)14/h3-6,9H,7-8,14H2,1-2H3,(H,15,16,17). The Kier molecular flexibility index (Phi) is 3.82. The van der Waals surface area contributed by atoms with Gasteiger partial charge in [0.2, 0.25) is 0 Å². The number of nitrogens with one attached hydrogen (secondary N) is 1. The zero-order chi connectivity index (χ0) is 13.0. The van der Waals surface area contributed by atoms with Crippen LogP contribution >= 0.6 is 0 Å². The number of rotatable bonds is 5. The number of para-hydroxylation sites is 2. The predicted octanol–water partition coefficient (Wildman–Crippen LogP) is 2.13. The van der Waals surface area contributed by atoms with Gasteiger partial charge in [0.05, 0.1) is 12.3 Å². The van der Waals surface area contributed by atoms with Crippen LogP contribution in [0.5, 0.6) is 5.75 Å². The number of benzene rings is 1. The molecule has 1 aromatic heterocycles. The smallest absolute Gasteiger partial charge is 0.153 e. The molecule has 0 bridgehead atoms. The summed E-state index contributed by atoms with van der Waals surface area (Å²) in [4.78, 5) is 4.39. The van der Waals surface area contributed by atoms with E-state index in [2.05, 4.69) is 29.0 Å². The van der Waals surface area contributed by atoms with Gasteiger partial charge in [-0.05, 0) is 12.1 Å². The van der Waals surface area contributed by atoms with Gasteiger partial charge < -0.3 is 10.5 Å². The highest BCUT2D eigenvalue weighted by Gasteiger charge is 2.07. The van der Waals surface area contributed by atoms with Crippen molar-refractivity contribution in [3.05, 3.63) is 35.9 Å². The Balaban J connectivity index is 1.87. The van der Waals surface area contributed by atoms with Crippen molar-refractivity contribution in [3.8, 4) is 5.75 Å². The zero-order valence-corrected chi connectivity index (χ0v) is 10.7. The summed E-state index contributed by atoms with van der Waals surface area (Å²) in [5, 5.41) is 7.06. The monoisotopic (exact) mass is 246 g/mol. The second-order valence-electron chi connectivity index (χ2n) is 4.43. The lowest BCUT2D eigenvalue weighted by Gasteiger charge is -2.06. The van der Waals surface area contributed by atoms with E-state index in [1.54, 1.807) is 0 Å². The second kappa shape index (κ2) is 5.53. The Morgan fingerprint density at radius 2 is 2.11 bits per heavy atom. The predicted molar refractivity (Wildman–Crippen MR) is 70.5 cm³/mol. The Hall–Kier alpha value is -2.04. The van der Waals surface area contributed by atoms with Crippen molar-refractivity contribution in [1.82, 2.24) is 15.2 Å². The molecule has 0 aliphatic heterocycles. The molecule has 96 valence electrons. The number of hydrogen-bond donors (Lipinski definition) is 2. The van der Waals surface area contributed by atoms with Crippen LogP contribution in [-0.4, -0.2) is 21.8 Å². The lowest BCUT2D eigenvalue weighted by Crippen LogP contribution is -2.04. The minimum atomic E-state index is 0.334. The fourth-order valence-corrected chi connectivity index (χ4v) is 1.55. The first-order chi connectivity index (χ1) is 8.66. The van der Waals surface area contributed by atoms with Crippen molar-refractivity contribution in [2.24, 2.45) is 0 Å². The van der Waals surface area contributed by atoms with E-state index in [-0.39, 0.29) is 0 Å². The Morgan fingerprint density at radius 1 is 1.33 bits per heavy atom. The Labute approximate surface area is 106 Å². The largest absolute Gasteiger partial charge is 0.491 e. The topological polar surface area (TPSA) is 76.8 Å². The van der Waals surface area contributed by atoms with Gasteiger partial charge in [0, 0.05) is 12.3 Å². The van der Waals surface area contributed by atoms with Gasteiger partial charge in [0.1, 0.15) is 11.6 Å². The van der Waals surface area contributed by atoms with E-state index in [1.807, 2.05) is 24.3 Å². The number of hydrogen-bond acceptors (Lipinski definition) is 4. The summed E-state index contributed by atoms with van der Waals surface area (Å²) in [7, 11) is 0. The molecular formula is C13H18N4O. The number of nitrogens with two attached hydrogens (primary N) is 1. The number of nitrogens with zero attached hydrogens (tertiary/aromatic N) is 2. The van der Waals surface area contributed by atoms with Crippen LogP contribution in [0.25, 0.3) is 0 Å². The van der Waals surface area contributed by atoms with Crippen LogP contribution in [0, 0.1) is 0 Å². The van der Waals surface area contributed by atoms with Gasteiger partial charge in [0.15, 0.2) is 5.82 Å². The third-order valence-electron chi connectivity index (χ3n) is 2.58. The summed E-state index contributed by atoms with van der Waals surface area (Å²) in [6.07, 6.45) is 0.689. The summed E-state index contributed by atoms with van der Waals surface area (Å²) in [5.74, 6) is 2.72. The van der Waals surface area contributed by atoms with Crippen LogP contribution in [0.4, 0.5) is 5.69 Å². The maximum Gasteiger partial charge on any atom is 0.153 e. The van der Waals surface area contributed by atoms with Gasteiger partial charge in [-0.2, -0.15) is 5.10 Å². The fraction of sp³-hybridized carbons (Fsp3) is 0.385. The molecule has 5 heteroatoms. The quantitative estimate of drug-likeness (QED) is 0.792. The highest BCUT2D eigenvalue weighted by molar-refractivity contribution is 5.51. The van der Waals surface area contributed by atoms with Gasteiger partial charge in [0.25, 0.3) is 0 Å². The normalized spacial score (nSPS) is 10.8. The average molecular weight is 246 g/mol. The van der Waals surface area contributed by atoms with Gasteiger partial charge in [-0.25, -0.2) is 4.98 Å². The van der Waals surface area contributed by atoms with E-state index >= 15 is 0 Å². The fourth-order valence-electron chi connectivity index (χ4n) is 1.55. The lowest BCUT2D eigenvalue weighted by atomic mass is 10.2. The molecule has 2 aromatic rings. The number of aromatic amines is 1. The highest BCUT2D eigenvalue weighted by atomic mass is 16.5. The van der Waals surface area contributed by atoms with Gasteiger partial charge >= 0.3 is 0 Å². The molecule has 0 atom stereocenters. The molecule has 1 aromatic carbocycles. The molecule has 0 aliphatic carbocycles. The number of ether oxygens (including phenoxy) is 1. The van der Waals surface area contributed by atoms with Crippen molar-refractivity contribution in [3.63, 3.8) is 0 Å². The van der Waals surface area contributed by atoms with Crippen LogP contribution in [0.3, 0.4) is 0 Å². The summed E-state index contributed by atoms with van der Waals surface area (Å²) in [6, 6.07) is 7.46. The molecule has 2 rings (SSSR count). The maximum absolute atomic E-state index is 5.78. The minimum absolute atomic E-state index is 0.334. The molecular weight excluding hydrogens is 228 g/mol. The summed E-state index contributed by atoms with van der Waals surface area (Å²) < 4.78 is 5.60. The maximum atomic E-state index is 5.78. The van der Waals surface area contributed by atoms with Gasteiger partial charge in [-0.1, -0.05) is 26.0 Å². The van der Waals surface area contributed by atoms with Crippen LogP contribution < -0.4 is 10.5 Å². The summed E-state index contributed by atoms with van der Waals surface area (Å²) in [5.41, 5.74) is 6.43. The number of nitrogen functional groups attached to an aromatic ring is 1. The summed E-state index contributed by atoms with van der Waals surface area (Å²) in [6.45, 7) is 4.66. The molecule has 18 heavy (non-hydrogen) atoms. The van der Waals surface area contributed by atoms with Gasteiger partial charge in [-0.15, -0.1) is 0 Å². The molecule has 0 saturated carbocycles. The van der Waals surface area contributed by atoms with Crippen LogP contribution in [0.1, 0.15) is 31.4 Å². The molecule has 0 radical (unpaired) electrons. The van der Waals surface area contributed by atoms with E-state index in [4.69, 9.17) is 10.5 Å². The number of H-pyrrole nitrogens is 1. The van der Waals surface area contributed by atoms with E-state index in [0.717, 1.165) is 11.6 Å². The average Bonchev–Trinajstić information content (AvgIpc) is 2.80. The number of anilines is 1. The molecule has 0 spiro atoms. The molecule has 3 N–H and O–H groups in total. The molecule has 0 saturated heterocycles. The first kappa shape index (κ1) is 12.4. The third kappa shape index (κ3) is 3.00. The zero-order valence-electron chi connectivity index (χ0n) is 10.7. The number of aromatic nitrogens is 3. The van der Waals surface area contributed by atoms with Crippen LogP contribution in [0.2, 0.25) is 0 Å². The molecule has 1 heterocycles. The van der Waals surface area contributed by atoms with E-state index < -0.39 is 0 Å². The van der Waals surface area contributed by atoms with Crippen molar-refractivity contribution < 1.29 is 4.74 Å². The Morgan fingerprint density at radius 3 is 2.78 bits per heavy atom. The second-order valence-corrected chi connectivity index (χ2v) is 4.43. The van der Waals surface area contributed by atoms with Crippen molar-refractivity contribution in [2.45, 2.75) is 26.2 Å². The van der Waals surface area contributed by atoms with Crippen molar-refractivity contribution >= 4 is 5.69 Å². The molecule has 0 unspecified atom stereocenters. The molecule has 0 fully saturated rings. The van der Waals surface area contributed by atoms with Gasteiger partial charge in [-0.3, -0.25) is 5.10 Å². The minimum Gasteiger partial charge on any atom is -0.491 e.